The van der Waals surface area contributed by atoms with E-state index in [2.05, 4.69) is 197 Å². The Labute approximate surface area is 538 Å². The zero-order valence-corrected chi connectivity index (χ0v) is 57.8. The van der Waals surface area contributed by atoms with Gasteiger partial charge in [-0.1, -0.05) is 197 Å². The molecule has 12 nitrogen and oxygen atoms in total. The van der Waals surface area contributed by atoms with Crippen molar-refractivity contribution in [1.82, 2.24) is 0 Å². The fourth-order valence-electron chi connectivity index (χ4n) is 11.9. The topological polar surface area (TPSA) is 177 Å². The molecule has 0 aliphatic heterocycles. The molecule has 0 unspecified atom stereocenters. The summed E-state index contributed by atoms with van der Waals surface area (Å²) in [6.07, 6.45) is 2.19. The van der Waals surface area contributed by atoms with E-state index in [0.717, 1.165) is 100 Å². The molecule has 12 heteroatoms. The van der Waals surface area contributed by atoms with Crippen molar-refractivity contribution in [3.8, 4) is 34.5 Å². The molecular weight excluding hydrogens is 1130 g/mol. The second-order valence-corrected chi connectivity index (χ2v) is 30.7. The van der Waals surface area contributed by atoms with Gasteiger partial charge in [0, 0.05) is 38.5 Å². The van der Waals surface area contributed by atoms with Gasteiger partial charge in [-0.25, -0.2) is 0 Å². The Morgan fingerprint density at radius 2 is 0.311 bits per heavy atom. The lowest BCUT2D eigenvalue weighted by Crippen LogP contribution is -2.18. The van der Waals surface area contributed by atoms with E-state index >= 15 is 0 Å². The molecule has 12 bridgehead atoms. The van der Waals surface area contributed by atoms with Crippen molar-refractivity contribution >= 4 is 0 Å². The third-order valence-corrected chi connectivity index (χ3v) is 17.0. The molecular formula is C78H108O12. The van der Waals surface area contributed by atoms with Gasteiger partial charge < -0.3 is 59.1 Å². The van der Waals surface area contributed by atoms with E-state index in [0.29, 0.717) is 73.0 Å². The second kappa shape index (κ2) is 29.2. The molecule has 0 fully saturated rings. The predicted molar refractivity (Wildman–Crippen MR) is 363 cm³/mol. The first-order valence-corrected chi connectivity index (χ1v) is 32.5. The number of hydrogen-bond acceptors (Lipinski definition) is 12. The minimum absolute atomic E-state index is 0.0411. The predicted octanol–water partition coefficient (Wildman–Crippen LogP) is 13.6. The Morgan fingerprint density at radius 3 is 0.389 bits per heavy atom. The first-order valence-electron chi connectivity index (χ1n) is 32.5. The molecule has 6 aromatic carbocycles. The van der Waals surface area contributed by atoms with Crippen LogP contribution in [0.3, 0.4) is 0 Å². The highest BCUT2D eigenvalue weighted by atomic mass is 16.5. The van der Waals surface area contributed by atoms with E-state index in [4.69, 9.17) is 28.4 Å². The summed E-state index contributed by atoms with van der Waals surface area (Å²) >= 11 is 0. The summed E-state index contributed by atoms with van der Waals surface area (Å²) in [5.41, 5.74) is 15.3. The lowest BCUT2D eigenvalue weighted by atomic mass is 9.79. The fraction of sp³-hybridized carbons (Fsp3) is 0.538. The summed E-state index contributed by atoms with van der Waals surface area (Å²) in [5.74, 6) is 3.85. The molecule has 90 heavy (non-hydrogen) atoms. The average molecular weight is 1240 g/mol. The van der Waals surface area contributed by atoms with E-state index in [1.54, 1.807) is 0 Å². The van der Waals surface area contributed by atoms with Gasteiger partial charge in [-0.3, -0.25) is 0 Å². The Balaban J connectivity index is 1.74. The summed E-state index contributed by atoms with van der Waals surface area (Å²) in [6.45, 7) is 38.7. The van der Waals surface area contributed by atoms with E-state index in [9.17, 15) is 30.6 Å². The van der Waals surface area contributed by atoms with E-state index in [1.807, 2.05) is 0 Å². The van der Waals surface area contributed by atoms with E-state index < -0.39 is 0 Å². The third kappa shape index (κ3) is 17.7. The molecule has 0 radical (unpaired) electrons. The van der Waals surface area contributed by atoms with Gasteiger partial charge in [0.1, 0.15) is 74.1 Å². The zero-order valence-electron chi connectivity index (χ0n) is 57.8. The lowest BCUT2D eigenvalue weighted by Gasteiger charge is -2.29. The highest BCUT2D eigenvalue weighted by Crippen LogP contribution is 2.46. The minimum atomic E-state index is -0.327. The summed E-state index contributed by atoms with van der Waals surface area (Å²) < 4.78 is 41.1. The lowest BCUT2D eigenvalue weighted by molar-refractivity contribution is 0.197. The zero-order chi connectivity index (χ0) is 66.3. The molecule has 0 saturated heterocycles. The number of rotatable bonds is 18. The molecule has 0 saturated carbocycles. The molecule has 1 aliphatic rings. The maximum Gasteiger partial charge on any atom is 0.126 e. The molecule has 7 rings (SSSR count). The molecule has 0 amide bonds. The van der Waals surface area contributed by atoms with Gasteiger partial charge in [-0.15, -0.1) is 0 Å². The standard InChI is InChI=1S/C78H108O12/c1-73(2,3)61-37-49-31-51-39-62(74(4,5)6)41-53(68(51)86-26-20-80)33-55-43-64(76(10,11)12)45-57(70(55)88-28-22-82)35-59-47-66(78(16,17)18)48-60(72(59)90-30-24-84)36-58-46-65(77(13,14)15)44-56(71(58)89-29-23-83)34-54-42-63(75(7,8)9)40-52(69(54)87-27-21-81)32-50(38-61)67(49)85-25-19-79/h37-48,79-84H,19-36H2,1-18H3. The van der Waals surface area contributed by atoms with Gasteiger partial charge in [0.15, 0.2) is 0 Å². The van der Waals surface area contributed by atoms with Crippen LogP contribution in [0.25, 0.3) is 0 Å². The average Bonchev–Trinajstić information content (AvgIpc) is 0.793. The Kier molecular flexibility index (Phi) is 23.2. The van der Waals surface area contributed by atoms with Gasteiger partial charge in [-0.2, -0.15) is 0 Å². The maximum atomic E-state index is 10.6. The molecule has 0 spiro atoms. The van der Waals surface area contributed by atoms with Crippen molar-refractivity contribution in [2.75, 3.05) is 79.3 Å². The Hall–Kier alpha value is -6.12. The van der Waals surface area contributed by atoms with Gasteiger partial charge in [0.25, 0.3) is 0 Å². The number of ether oxygens (including phenoxy) is 6. The van der Waals surface area contributed by atoms with Gasteiger partial charge >= 0.3 is 0 Å². The van der Waals surface area contributed by atoms with E-state index in [1.165, 1.54) is 0 Å². The van der Waals surface area contributed by atoms with Crippen LogP contribution in [-0.2, 0) is 71.0 Å². The van der Waals surface area contributed by atoms with E-state index in [-0.39, 0.29) is 112 Å². The largest absolute Gasteiger partial charge is 0.491 e. The van der Waals surface area contributed by atoms with Crippen molar-refractivity contribution < 1.29 is 59.1 Å². The summed E-state index contributed by atoms with van der Waals surface area (Å²) in [7, 11) is 0. The summed E-state index contributed by atoms with van der Waals surface area (Å²) in [5, 5.41) is 63.6. The summed E-state index contributed by atoms with van der Waals surface area (Å²) in [6, 6.07) is 26.7. The number of aliphatic hydroxyl groups is 6. The van der Waals surface area contributed by atoms with Crippen molar-refractivity contribution in [3.05, 3.63) is 173 Å². The smallest absolute Gasteiger partial charge is 0.126 e. The third-order valence-electron chi connectivity index (χ3n) is 17.0. The van der Waals surface area contributed by atoms with Gasteiger partial charge in [0.2, 0.25) is 0 Å². The minimum Gasteiger partial charge on any atom is -0.491 e. The number of aliphatic hydroxyl groups excluding tert-OH is 6. The Morgan fingerprint density at radius 1 is 0.211 bits per heavy atom. The van der Waals surface area contributed by atoms with Crippen molar-refractivity contribution in [3.63, 3.8) is 0 Å². The van der Waals surface area contributed by atoms with Crippen LogP contribution in [0.15, 0.2) is 72.8 Å². The van der Waals surface area contributed by atoms with Crippen molar-refractivity contribution in [1.29, 1.82) is 0 Å². The highest BCUT2D eigenvalue weighted by Gasteiger charge is 2.32. The quantitative estimate of drug-likeness (QED) is 0.0480. The first-order chi connectivity index (χ1) is 42.1. The normalized spacial score (nSPS) is 13.6. The van der Waals surface area contributed by atoms with Crippen LogP contribution in [0.4, 0.5) is 0 Å². The number of hydrogen-bond donors (Lipinski definition) is 6. The number of benzene rings is 6. The molecule has 492 valence electrons. The highest BCUT2D eigenvalue weighted by molar-refractivity contribution is 5.62. The van der Waals surface area contributed by atoms with Crippen LogP contribution < -0.4 is 28.4 Å². The van der Waals surface area contributed by atoms with Crippen LogP contribution in [0.1, 0.15) is 225 Å². The van der Waals surface area contributed by atoms with Crippen LogP contribution in [0.5, 0.6) is 34.5 Å². The van der Waals surface area contributed by atoms with Crippen LogP contribution in [0, 0.1) is 0 Å². The van der Waals surface area contributed by atoms with Crippen molar-refractivity contribution in [2.24, 2.45) is 0 Å². The molecule has 6 N–H and O–H groups in total. The van der Waals surface area contributed by atoms with Gasteiger partial charge in [-0.05, 0) is 133 Å². The van der Waals surface area contributed by atoms with Crippen LogP contribution in [0.2, 0.25) is 0 Å². The van der Waals surface area contributed by atoms with Crippen LogP contribution >= 0.6 is 0 Å². The fourth-order valence-corrected chi connectivity index (χ4v) is 11.9. The molecule has 0 heterocycles. The second-order valence-electron chi connectivity index (χ2n) is 30.7. The summed E-state index contributed by atoms with van der Waals surface area (Å²) in [4.78, 5) is 0. The molecule has 6 aromatic rings. The Bertz CT molecular complexity index is 2700. The number of fused-ring (bicyclic) bond motifs is 12. The monoisotopic (exact) mass is 1240 g/mol. The molecule has 0 atom stereocenters. The molecule has 0 aromatic heterocycles. The maximum absolute atomic E-state index is 10.6. The van der Waals surface area contributed by atoms with Crippen molar-refractivity contribution in [2.45, 2.75) is 196 Å². The van der Waals surface area contributed by atoms with Gasteiger partial charge in [0.05, 0.1) is 39.6 Å². The SMILES string of the molecule is CC(C)(C)c1cc2c(OCCO)c(c1)Cc1cc(C(C)(C)C)cc(c1OCCO)Cc1cc(C(C)(C)C)cc(c1OCCO)Cc1cc(C(C)(C)C)cc(c1OCCO)Cc1cc(C(C)(C)C)cc(c1OCCO)Cc1cc(C(C)(C)C)cc(c1OCCO)C2. The molecule has 1 aliphatic carbocycles. The first kappa shape index (κ1) is 71.3. The van der Waals surface area contributed by atoms with Crippen LogP contribution in [-0.4, -0.2) is 110 Å².